The first-order chi connectivity index (χ1) is 19.2. The number of halogens is 2. The van der Waals surface area contributed by atoms with Crippen molar-refractivity contribution in [3.05, 3.63) is 131 Å². The fourth-order valence-electron chi connectivity index (χ4n) is 5.33. The molecular formula is C36H40F2O2. The molecule has 2 unspecified atom stereocenters. The molecule has 0 fully saturated rings. The van der Waals surface area contributed by atoms with Gasteiger partial charge in [-0.25, -0.2) is 8.78 Å². The summed E-state index contributed by atoms with van der Waals surface area (Å²) in [4.78, 5) is 26.1. The van der Waals surface area contributed by atoms with Crippen LogP contribution in [-0.4, -0.2) is 11.6 Å². The lowest BCUT2D eigenvalue weighted by Gasteiger charge is -2.25. The van der Waals surface area contributed by atoms with E-state index in [0.717, 1.165) is 49.8 Å². The first-order valence-electron chi connectivity index (χ1n) is 14.1. The molecule has 2 nitrogen and oxygen atoms in total. The van der Waals surface area contributed by atoms with Crippen molar-refractivity contribution in [2.75, 3.05) is 0 Å². The zero-order valence-electron chi connectivity index (χ0n) is 23.9. The number of rotatable bonds is 12. The lowest BCUT2D eigenvalue weighted by atomic mass is 9.80. The summed E-state index contributed by atoms with van der Waals surface area (Å²) in [6.07, 6.45) is 20.3. The van der Waals surface area contributed by atoms with Gasteiger partial charge in [-0.05, 0) is 110 Å². The lowest BCUT2D eigenvalue weighted by molar-refractivity contribution is -0.123. The highest BCUT2D eigenvalue weighted by atomic mass is 19.2. The van der Waals surface area contributed by atoms with Gasteiger partial charge in [-0.1, -0.05) is 68.2 Å². The highest BCUT2D eigenvalue weighted by Crippen LogP contribution is 2.36. The molecule has 2 aliphatic carbocycles. The molecule has 0 amide bonds. The molecule has 0 aromatic heterocycles. The molecule has 0 radical (unpaired) electrons. The van der Waals surface area contributed by atoms with Crippen LogP contribution < -0.4 is 0 Å². The largest absolute Gasteiger partial charge is 0.294 e. The normalized spacial score (nSPS) is 19.8. The molecule has 0 N–H and O–H groups in total. The van der Waals surface area contributed by atoms with Gasteiger partial charge in [0.25, 0.3) is 0 Å². The second-order valence-electron chi connectivity index (χ2n) is 10.5. The Bertz CT molecular complexity index is 1340. The zero-order valence-corrected chi connectivity index (χ0v) is 23.9. The Morgan fingerprint density at radius 1 is 1.15 bits per heavy atom. The molecule has 2 atom stereocenters. The molecule has 4 heteroatoms. The molecule has 0 heterocycles. The predicted octanol–water partition coefficient (Wildman–Crippen LogP) is 9.24. The van der Waals surface area contributed by atoms with Gasteiger partial charge < -0.3 is 0 Å². The van der Waals surface area contributed by atoms with Crippen LogP contribution in [0.3, 0.4) is 0 Å². The average Bonchev–Trinajstić information content (AvgIpc) is 2.97. The van der Waals surface area contributed by atoms with Crippen molar-refractivity contribution in [1.82, 2.24) is 0 Å². The molecule has 0 aliphatic heterocycles. The van der Waals surface area contributed by atoms with E-state index >= 15 is 0 Å². The van der Waals surface area contributed by atoms with Crippen LogP contribution >= 0.6 is 0 Å². The van der Waals surface area contributed by atoms with Crippen LogP contribution in [-0.2, 0) is 16.0 Å². The Hall–Kier alpha value is -3.66. The number of Topliss-reactive ketones (excluding diaryl/α,β-unsaturated/α-hetero) is 2. The summed E-state index contributed by atoms with van der Waals surface area (Å²) >= 11 is 0. The number of ketones is 2. The van der Waals surface area contributed by atoms with Gasteiger partial charge in [-0.15, -0.1) is 0 Å². The third kappa shape index (κ3) is 7.71. The van der Waals surface area contributed by atoms with Crippen molar-refractivity contribution in [2.24, 2.45) is 11.8 Å². The monoisotopic (exact) mass is 542 g/mol. The van der Waals surface area contributed by atoms with E-state index in [9.17, 15) is 18.4 Å². The van der Waals surface area contributed by atoms with Gasteiger partial charge in [0.05, 0.1) is 5.57 Å². The summed E-state index contributed by atoms with van der Waals surface area (Å²) < 4.78 is 26.9. The number of carbonyl (C=O) groups is 2. The molecular weight excluding hydrogens is 502 g/mol. The highest BCUT2D eigenvalue weighted by Gasteiger charge is 2.28. The number of hydrogen-bond acceptors (Lipinski definition) is 2. The predicted molar refractivity (Wildman–Crippen MR) is 161 cm³/mol. The number of allylic oxidation sites excluding steroid dienone is 14. The minimum Gasteiger partial charge on any atom is -0.294 e. The van der Waals surface area contributed by atoms with Gasteiger partial charge in [0.15, 0.2) is 23.2 Å². The van der Waals surface area contributed by atoms with Crippen LogP contribution in [0.5, 0.6) is 0 Å². The van der Waals surface area contributed by atoms with Gasteiger partial charge >= 0.3 is 0 Å². The Morgan fingerprint density at radius 2 is 1.90 bits per heavy atom. The molecule has 0 saturated carbocycles. The second kappa shape index (κ2) is 14.6. The van der Waals surface area contributed by atoms with Gasteiger partial charge in [-0.3, -0.25) is 9.59 Å². The summed E-state index contributed by atoms with van der Waals surface area (Å²) in [7, 11) is 0. The Labute approximate surface area is 238 Å². The van der Waals surface area contributed by atoms with Crippen molar-refractivity contribution in [3.8, 4) is 0 Å². The molecule has 40 heavy (non-hydrogen) atoms. The first-order valence-corrected chi connectivity index (χ1v) is 14.1. The highest BCUT2D eigenvalue weighted by molar-refractivity contribution is 6.22. The Kier molecular flexibility index (Phi) is 11.3. The van der Waals surface area contributed by atoms with E-state index in [2.05, 4.69) is 52.2 Å². The van der Waals surface area contributed by atoms with E-state index in [1.807, 2.05) is 12.2 Å². The van der Waals surface area contributed by atoms with Gasteiger partial charge in [0, 0.05) is 12.3 Å². The van der Waals surface area contributed by atoms with Crippen LogP contribution in [0.4, 0.5) is 8.78 Å². The van der Waals surface area contributed by atoms with Gasteiger partial charge in [-0.2, -0.15) is 0 Å². The van der Waals surface area contributed by atoms with Crippen molar-refractivity contribution in [3.63, 3.8) is 0 Å². The van der Waals surface area contributed by atoms with E-state index in [0.29, 0.717) is 17.9 Å². The van der Waals surface area contributed by atoms with Crippen LogP contribution in [0, 0.1) is 23.5 Å². The summed E-state index contributed by atoms with van der Waals surface area (Å²) in [5, 5.41) is 0. The summed E-state index contributed by atoms with van der Waals surface area (Å²) in [5.41, 5.74) is 6.81. The van der Waals surface area contributed by atoms with Crippen LogP contribution in [0.1, 0.15) is 64.9 Å². The SMILES string of the molecule is C=CC(C=C)=CC(/C(=C\C)C1=CCC(CCC(=O)C2=CC=CC(Cc3ccc(F)c(F)c3)C2=O)CC1)=C(\C)CC. The van der Waals surface area contributed by atoms with E-state index in [4.69, 9.17) is 0 Å². The van der Waals surface area contributed by atoms with Crippen molar-refractivity contribution in [2.45, 2.75) is 65.7 Å². The summed E-state index contributed by atoms with van der Waals surface area (Å²) in [5.74, 6) is -2.44. The lowest BCUT2D eigenvalue weighted by Crippen LogP contribution is -2.24. The van der Waals surface area contributed by atoms with Gasteiger partial charge in [0.2, 0.25) is 0 Å². The van der Waals surface area contributed by atoms with E-state index in [1.54, 1.807) is 18.2 Å². The topological polar surface area (TPSA) is 34.1 Å². The summed E-state index contributed by atoms with van der Waals surface area (Å²) in [6, 6.07) is 3.64. The maximum Gasteiger partial charge on any atom is 0.173 e. The summed E-state index contributed by atoms with van der Waals surface area (Å²) in [6.45, 7) is 14.2. The minimum absolute atomic E-state index is 0.149. The minimum atomic E-state index is -0.940. The average molecular weight is 543 g/mol. The Balaban J connectivity index is 1.62. The Morgan fingerprint density at radius 3 is 2.50 bits per heavy atom. The standard InChI is InChI=1S/C36H40F2O2/c1-6-24(5)32(22-25(7-2)8-3)30(9-4)28-17-13-26(14-18-28)16-20-35(39)31-12-10-11-29(36(31)40)21-27-15-19-33(37)34(38)23-27/h7-12,15,17,19,22-23,26,29H,2-3,6,13-14,16,18,20-21H2,1,4-5H3/b30-9-,32-24-. The van der Waals surface area contributed by atoms with Crippen LogP contribution in [0.25, 0.3) is 0 Å². The van der Waals surface area contributed by atoms with Gasteiger partial charge in [0.1, 0.15) is 0 Å². The van der Waals surface area contributed by atoms with E-state index in [-0.39, 0.29) is 23.6 Å². The number of hydrogen-bond donors (Lipinski definition) is 0. The molecule has 2 aliphatic rings. The molecule has 0 spiro atoms. The van der Waals surface area contributed by atoms with Crippen LogP contribution in [0.2, 0.25) is 0 Å². The molecule has 3 rings (SSSR count). The van der Waals surface area contributed by atoms with E-state index < -0.39 is 17.6 Å². The first kappa shape index (κ1) is 30.9. The molecule has 0 saturated heterocycles. The number of benzene rings is 1. The van der Waals surface area contributed by atoms with Crippen molar-refractivity contribution < 1.29 is 18.4 Å². The van der Waals surface area contributed by atoms with E-state index in [1.165, 1.54) is 28.4 Å². The third-order valence-electron chi connectivity index (χ3n) is 7.95. The fourth-order valence-corrected chi connectivity index (χ4v) is 5.33. The third-order valence-corrected chi connectivity index (χ3v) is 7.95. The quantitative estimate of drug-likeness (QED) is 0.195. The maximum absolute atomic E-state index is 13.6. The molecule has 210 valence electrons. The van der Waals surface area contributed by atoms with Crippen molar-refractivity contribution in [1.29, 1.82) is 0 Å². The molecule has 1 aromatic rings. The number of carbonyl (C=O) groups excluding carboxylic acids is 2. The van der Waals surface area contributed by atoms with Crippen LogP contribution in [0.15, 0.2) is 113 Å². The molecule has 0 bridgehead atoms. The smallest absolute Gasteiger partial charge is 0.173 e. The molecule has 1 aromatic carbocycles. The maximum atomic E-state index is 13.6. The zero-order chi connectivity index (χ0) is 29.2. The fraction of sp³-hybridized carbons (Fsp3) is 0.333. The van der Waals surface area contributed by atoms with Crippen molar-refractivity contribution >= 4 is 11.6 Å². The second-order valence-corrected chi connectivity index (χ2v) is 10.5.